The Morgan fingerprint density at radius 3 is 3.20 bits per heavy atom. The highest BCUT2D eigenvalue weighted by atomic mass is 14.7. The maximum Gasteiger partial charge on any atom is 0.0785 e. The van der Waals surface area contributed by atoms with Crippen molar-refractivity contribution in [2.45, 2.75) is 6.92 Å². The molecule has 0 radical (unpaired) electrons. The molecule has 48 valence electrons. The van der Waals surface area contributed by atoms with E-state index in [2.05, 4.69) is 16.8 Å². The van der Waals surface area contributed by atoms with E-state index in [4.69, 9.17) is 0 Å². The third-order valence-electron chi connectivity index (χ3n) is 1.55. The van der Waals surface area contributed by atoms with Gasteiger partial charge in [0.2, 0.25) is 0 Å². The van der Waals surface area contributed by atoms with Crippen LogP contribution in [-0.2, 0) is 0 Å². The van der Waals surface area contributed by atoms with Crippen LogP contribution < -0.4 is 0 Å². The lowest BCUT2D eigenvalue weighted by Crippen LogP contribution is -1.84. The van der Waals surface area contributed by atoms with Gasteiger partial charge in [-0.15, -0.1) is 5.73 Å². The van der Waals surface area contributed by atoms with Crippen LogP contribution in [0.4, 0.5) is 0 Å². The molecule has 0 saturated heterocycles. The minimum absolute atomic E-state index is 1.03. The summed E-state index contributed by atoms with van der Waals surface area (Å²) < 4.78 is 0. The van der Waals surface area contributed by atoms with E-state index in [1.54, 1.807) is 0 Å². The molecule has 1 aromatic heterocycles. The molecule has 1 aliphatic carbocycles. The molecule has 0 bridgehead atoms. The van der Waals surface area contributed by atoms with Gasteiger partial charge in [-0.1, -0.05) is 0 Å². The van der Waals surface area contributed by atoms with Crippen molar-refractivity contribution in [2.75, 3.05) is 0 Å². The molecule has 0 unspecified atom stereocenters. The second-order valence-electron chi connectivity index (χ2n) is 2.44. The number of aromatic nitrogens is 1. The van der Waals surface area contributed by atoms with E-state index in [0.29, 0.717) is 0 Å². The van der Waals surface area contributed by atoms with Crippen molar-refractivity contribution in [3.8, 4) is 0 Å². The molecule has 2 rings (SSSR count). The fourth-order valence-electron chi connectivity index (χ4n) is 1.05. The molecule has 1 nitrogen and oxygen atoms in total. The van der Waals surface area contributed by atoms with Crippen LogP contribution in [0.1, 0.15) is 16.8 Å². The second-order valence-corrected chi connectivity index (χ2v) is 2.44. The van der Waals surface area contributed by atoms with Crippen LogP contribution in [0.25, 0.3) is 12.2 Å². The summed E-state index contributed by atoms with van der Waals surface area (Å²) in [5.41, 5.74) is 6.42. The van der Waals surface area contributed by atoms with Crippen LogP contribution in [0.2, 0.25) is 0 Å². The van der Waals surface area contributed by atoms with Crippen LogP contribution in [0.5, 0.6) is 0 Å². The van der Waals surface area contributed by atoms with Crippen LogP contribution in [0.15, 0.2) is 18.0 Å². The number of fused-ring (bicyclic) bond motifs is 1. The van der Waals surface area contributed by atoms with Gasteiger partial charge >= 0.3 is 0 Å². The predicted molar refractivity (Wildman–Crippen MR) is 41.4 cm³/mol. The molecule has 0 amide bonds. The average Bonchev–Trinajstić information content (AvgIpc) is 2.33. The highest BCUT2D eigenvalue weighted by Crippen LogP contribution is 2.15. The SMILES string of the molecule is Cc1cnc2c(c1)C=C=C2. The summed E-state index contributed by atoms with van der Waals surface area (Å²) in [6.45, 7) is 2.04. The fraction of sp³-hybridized carbons (Fsp3) is 0.111. The van der Waals surface area contributed by atoms with Gasteiger partial charge in [-0.2, -0.15) is 0 Å². The van der Waals surface area contributed by atoms with E-state index < -0.39 is 0 Å². The molecular weight excluding hydrogens is 122 g/mol. The standard InChI is InChI=1S/C9H7N/c1-7-5-8-3-2-4-9(8)10-6-7/h3-6H,1H3. The Balaban J connectivity index is 2.67. The topological polar surface area (TPSA) is 12.9 Å². The molecule has 0 N–H and O–H groups in total. The van der Waals surface area contributed by atoms with Gasteiger partial charge < -0.3 is 0 Å². The van der Waals surface area contributed by atoms with Gasteiger partial charge in [0.1, 0.15) is 0 Å². The Kier molecular flexibility index (Phi) is 0.996. The normalized spacial score (nSPS) is 12.1. The minimum Gasteiger partial charge on any atom is -0.255 e. The van der Waals surface area contributed by atoms with Crippen molar-refractivity contribution in [1.82, 2.24) is 4.98 Å². The summed E-state index contributed by atoms with van der Waals surface area (Å²) in [4.78, 5) is 4.21. The average molecular weight is 129 g/mol. The zero-order chi connectivity index (χ0) is 6.97. The van der Waals surface area contributed by atoms with E-state index >= 15 is 0 Å². The third-order valence-corrected chi connectivity index (χ3v) is 1.55. The lowest BCUT2D eigenvalue weighted by molar-refractivity contribution is 1.24. The molecule has 1 aromatic rings. The first-order valence-corrected chi connectivity index (χ1v) is 3.25. The second kappa shape index (κ2) is 1.83. The molecule has 1 heterocycles. The first-order valence-electron chi connectivity index (χ1n) is 3.25. The largest absolute Gasteiger partial charge is 0.255 e. The predicted octanol–water partition coefficient (Wildman–Crippen LogP) is 2.03. The molecule has 1 aliphatic rings. The van der Waals surface area contributed by atoms with Crippen LogP contribution in [0, 0.1) is 6.92 Å². The molecular formula is C9H7N. The Morgan fingerprint density at radius 2 is 2.30 bits per heavy atom. The summed E-state index contributed by atoms with van der Waals surface area (Å²) in [5, 5.41) is 0. The number of nitrogens with zero attached hydrogens (tertiary/aromatic N) is 1. The van der Waals surface area contributed by atoms with Crippen molar-refractivity contribution in [3.05, 3.63) is 34.8 Å². The minimum atomic E-state index is 1.03. The van der Waals surface area contributed by atoms with Gasteiger partial charge in [-0.25, -0.2) is 0 Å². The quantitative estimate of drug-likeness (QED) is 0.496. The molecule has 0 fully saturated rings. The summed E-state index contributed by atoms with van der Waals surface area (Å²) in [6, 6.07) is 2.11. The van der Waals surface area contributed by atoms with Crippen LogP contribution in [0.3, 0.4) is 0 Å². The highest BCUT2D eigenvalue weighted by Gasteiger charge is 2.00. The third kappa shape index (κ3) is 0.687. The van der Waals surface area contributed by atoms with Gasteiger partial charge in [-0.3, -0.25) is 4.98 Å². The van der Waals surface area contributed by atoms with Gasteiger partial charge in [0.05, 0.1) is 5.69 Å². The summed E-state index contributed by atoms with van der Waals surface area (Å²) in [7, 11) is 0. The maximum absolute atomic E-state index is 4.21. The van der Waals surface area contributed by atoms with Gasteiger partial charge in [0.25, 0.3) is 0 Å². The maximum atomic E-state index is 4.21. The van der Waals surface area contributed by atoms with Crippen molar-refractivity contribution in [2.24, 2.45) is 0 Å². The number of hydrogen-bond acceptors (Lipinski definition) is 1. The van der Waals surface area contributed by atoms with Gasteiger partial charge in [0, 0.05) is 17.8 Å². The smallest absolute Gasteiger partial charge is 0.0785 e. The van der Waals surface area contributed by atoms with Crippen LogP contribution >= 0.6 is 0 Å². The molecule has 0 aliphatic heterocycles. The molecule has 10 heavy (non-hydrogen) atoms. The van der Waals surface area contributed by atoms with Crippen molar-refractivity contribution in [3.63, 3.8) is 0 Å². The van der Waals surface area contributed by atoms with Crippen molar-refractivity contribution >= 4 is 12.2 Å². The van der Waals surface area contributed by atoms with E-state index in [0.717, 1.165) is 5.69 Å². The Labute approximate surface area is 59.7 Å². The number of aryl methyl sites for hydroxylation is 1. The Hall–Kier alpha value is -1.33. The summed E-state index contributed by atoms with van der Waals surface area (Å²) in [6.07, 6.45) is 5.72. The molecule has 1 heteroatoms. The Morgan fingerprint density at radius 1 is 1.40 bits per heavy atom. The van der Waals surface area contributed by atoms with E-state index in [9.17, 15) is 0 Å². The first kappa shape index (κ1) is 5.45. The molecule has 0 atom stereocenters. The number of pyridine rings is 1. The number of rotatable bonds is 0. The zero-order valence-electron chi connectivity index (χ0n) is 5.76. The molecule has 0 spiro atoms. The highest BCUT2D eigenvalue weighted by molar-refractivity contribution is 5.70. The molecule has 0 saturated carbocycles. The number of hydrogen-bond donors (Lipinski definition) is 0. The fourth-order valence-corrected chi connectivity index (χ4v) is 1.05. The Bertz CT molecular complexity index is 331. The summed E-state index contributed by atoms with van der Waals surface area (Å²) in [5.74, 6) is 0. The van der Waals surface area contributed by atoms with E-state index in [-0.39, 0.29) is 0 Å². The molecule has 0 aromatic carbocycles. The van der Waals surface area contributed by atoms with Gasteiger partial charge in [-0.05, 0) is 24.6 Å². The van der Waals surface area contributed by atoms with E-state index in [1.165, 1.54) is 11.1 Å². The van der Waals surface area contributed by atoms with E-state index in [1.807, 2.05) is 25.3 Å². The van der Waals surface area contributed by atoms with Crippen molar-refractivity contribution in [1.29, 1.82) is 0 Å². The zero-order valence-corrected chi connectivity index (χ0v) is 5.76. The lowest BCUT2D eigenvalue weighted by atomic mass is 10.2. The summed E-state index contributed by atoms with van der Waals surface area (Å²) >= 11 is 0. The van der Waals surface area contributed by atoms with Crippen molar-refractivity contribution < 1.29 is 0 Å². The first-order chi connectivity index (χ1) is 4.86. The lowest BCUT2D eigenvalue weighted by Gasteiger charge is -1.95. The van der Waals surface area contributed by atoms with Crippen LogP contribution in [-0.4, -0.2) is 4.98 Å². The monoisotopic (exact) mass is 129 g/mol. The van der Waals surface area contributed by atoms with Gasteiger partial charge in [0.15, 0.2) is 0 Å².